The van der Waals surface area contributed by atoms with Gasteiger partial charge in [-0.3, -0.25) is 0 Å². The number of rotatable bonds is 30. The number of hydrogen-bond acceptors (Lipinski definition) is 3. The number of nitrogens with zero attached hydrogens (tertiary/aromatic N) is 1. The van der Waals surface area contributed by atoms with Gasteiger partial charge in [0.05, 0.1) is 0 Å². The summed E-state index contributed by atoms with van der Waals surface area (Å²) in [6, 6.07) is 0. The molecule has 37 heavy (non-hydrogen) atoms. The fourth-order valence-corrected chi connectivity index (χ4v) is 12.3. The predicted octanol–water partition coefficient (Wildman–Crippen LogP) is 12.1. The summed E-state index contributed by atoms with van der Waals surface area (Å²) in [5.41, 5.74) is 0. The Morgan fingerprint density at radius 3 is 0.892 bits per heavy atom. The van der Waals surface area contributed by atoms with Crippen molar-refractivity contribution in [2.45, 2.75) is 182 Å². The molecule has 0 spiro atoms. The average Bonchev–Trinajstić information content (AvgIpc) is 2.88. The maximum absolute atomic E-state index is 12.0. The molecule has 0 aliphatic heterocycles. The molecule has 0 rings (SSSR count). The van der Waals surface area contributed by atoms with Gasteiger partial charge in [-0.2, -0.15) is 0 Å². The van der Waals surface area contributed by atoms with Crippen LogP contribution < -0.4 is 0 Å². The molecule has 0 bridgehead atoms. The second kappa shape index (κ2) is 24.7. The molecule has 0 heterocycles. The molecule has 0 aromatic carbocycles. The van der Waals surface area contributed by atoms with Gasteiger partial charge in [0.2, 0.25) is 0 Å². The molecule has 0 N–H and O–H groups in total. The van der Waals surface area contributed by atoms with Crippen molar-refractivity contribution < 1.29 is 9.71 Å². The van der Waals surface area contributed by atoms with Gasteiger partial charge in [-0.1, -0.05) is 13.3 Å². The summed E-state index contributed by atoms with van der Waals surface area (Å²) in [6.07, 6.45) is 34.2. The minimum atomic E-state index is -2.86. The van der Waals surface area contributed by atoms with Crippen molar-refractivity contribution in [3.8, 4) is 0 Å². The quantitative estimate of drug-likeness (QED) is 0.0390. The van der Waals surface area contributed by atoms with Crippen molar-refractivity contribution in [1.29, 1.82) is 0 Å². The van der Waals surface area contributed by atoms with Crippen LogP contribution in [0.3, 0.4) is 0 Å². The van der Waals surface area contributed by atoms with Crippen molar-refractivity contribution >= 4 is 6.83 Å². The molecule has 0 radical (unpaired) electrons. The molecule has 0 atom stereocenters. The van der Waals surface area contributed by atoms with Gasteiger partial charge in [0, 0.05) is 0 Å². The van der Waals surface area contributed by atoms with Crippen molar-refractivity contribution in [2.75, 3.05) is 24.6 Å². The molecule has 0 amide bonds. The Balaban J connectivity index is 5.08. The molecule has 0 unspecified atom stereocenters. The molecular weight excluding hydrogens is 477 g/mol. The van der Waals surface area contributed by atoms with Gasteiger partial charge < -0.3 is 0 Å². The van der Waals surface area contributed by atoms with E-state index in [9.17, 15) is 10.1 Å². The maximum atomic E-state index is 12.0. The van der Waals surface area contributed by atoms with Crippen molar-refractivity contribution in [3.05, 3.63) is 10.1 Å². The normalized spacial score (nSPS) is 12.9. The fourth-order valence-electron chi connectivity index (χ4n) is 6.19. The summed E-state index contributed by atoms with van der Waals surface area (Å²) in [5, 5.41) is 11.7. The molecular formula is C32H68NO3P. The van der Waals surface area contributed by atoms with Gasteiger partial charge in [-0.05, 0) is 0 Å². The van der Waals surface area contributed by atoms with Crippen molar-refractivity contribution in [1.82, 2.24) is 0 Å². The monoisotopic (exact) mass is 545 g/mol. The summed E-state index contributed by atoms with van der Waals surface area (Å²) >= 11 is 0. The first-order valence-corrected chi connectivity index (χ1v) is 19.7. The van der Waals surface area contributed by atoms with Crippen molar-refractivity contribution in [2.24, 2.45) is 0 Å². The Morgan fingerprint density at radius 1 is 0.432 bits per heavy atom. The molecule has 0 aromatic heterocycles. The Labute approximate surface area is 233 Å². The fraction of sp³-hybridized carbons (Fsp3) is 1.00. The van der Waals surface area contributed by atoms with E-state index in [0.29, 0.717) is 0 Å². The van der Waals surface area contributed by atoms with Crippen LogP contribution in [0.2, 0.25) is 0 Å². The van der Waals surface area contributed by atoms with E-state index < -0.39 is 6.83 Å². The van der Waals surface area contributed by atoms with Crippen LogP contribution in [0.25, 0.3) is 0 Å². The second-order valence-corrected chi connectivity index (χ2v) is 17.8. The van der Waals surface area contributed by atoms with Gasteiger partial charge in [-0.15, -0.1) is 0 Å². The first-order chi connectivity index (χ1) is 18.0. The van der Waals surface area contributed by atoms with Crippen LogP contribution in [0.4, 0.5) is 0 Å². The van der Waals surface area contributed by atoms with Crippen molar-refractivity contribution in [3.63, 3.8) is 0 Å². The van der Waals surface area contributed by atoms with Crippen LogP contribution in [0.1, 0.15) is 182 Å². The Kier molecular flexibility index (Phi) is 24.4. The van der Waals surface area contributed by atoms with Gasteiger partial charge in [0.15, 0.2) is 0 Å². The number of hydrogen-bond donors (Lipinski definition) is 0. The molecule has 224 valence electrons. The van der Waals surface area contributed by atoms with Gasteiger partial charge in [0.1, 0.15) is 0 Å². The van der Waals surface area contributed by atoms with E-state index in [2.05, 4.69) is 27.7 Å². The third kappa shape index (κ3) is 19.4. The summed E-state index contributed by atoms with van der Waals surface area (Å²) in [4.78, 5) is 12.0. The minimum absolute atomic E-state index is 0.363. The van der Waals surface area contributed by atoms with Gasteiger partial charge in [-0.25, -0.2) is 0 Å². The van der Waals surface area contributed by atoms with Crippen LogP contribution in [0.15, 0.2) is 0 Å². The second-order valence-electron chi connectivity index (χ2n) is 12.1. The van der Waals surface area contributed by atoms with E-state index in [1.54, 1.807) is 0 Å². The number of unbranched alkanes of at least 4 members (excludes halogenated alkanes) is 20. The van der Waals surface area contributed by atoms with Gasteiger partial charge in [0.25, 0.3) is 0 Å². The standard InChI is InChI=1S/C32H68NO3P/c1-5-9-13-17-18-19-20-21-22-23-24-28-32-37(36-33(34)35,29-25-14-10-6-2,30-26-15-11-7-3)31-27-16-12-8-4/h5-32H2,1-4H3. The Bertz CT molecular complexity index is 480. The molecule has 0 aromatic rings. The zero-order chi connectivity index (χ0) is 27.5. The zero-order valence-electron chi connectivity index (χ0n) is 25.9. The van der Waals surface area contributed by atoms with E-state index in [1.807, 2.05) is 0 Å². The third-order valence-corrected chi connectivity index (χ3v) is 15.0. The molecule has 0 aliphatic carbocycles. The molecule has 0 fully saturated rings. The topological polar surface area (TPSA) is 52.4 Å². The van der Waals surface area contributed by atoms with E-state index in [1.165, 1.54) is 128 Å². The molecule has 0 saturated heterocycles. The zero-order valence-corrected chi connectivity index (χ0v) is 26.8. The predicted molar refractivity (Wildman–Crippen MR) is 168 cm³/mol. The van der Waals surface area contributed by atoms with Crippen LogP contribution in [-0.2, 0) is 4.62 Å². The van der Waals surface area contributed by atoms with Crippen LogP contribution in [0.5, 0.6) is 0 Å². The van der Waals surface area contributed by atoms with Gasteiger partial charge >= 0.3 is 220 Å². The first-order valence-electron chi connectivity index (χ1n) is 16.8. The van der Waals surface area contributed by atoms with E-state index in [4.69, 9.17) is 4.62 Å². The SMILES string of the molecule is CCCCCCCCCCCCCCP(CCCCCC)(CCCCCC)(CCCCCC)O[N+](=O)[O-]. The van der Waals surface area contributed by atoms with Crippen LogP contribution in [0, 0.1) is 10.1 Å². The summed E-state index contributed by atoms with van der Waals surface area (Å²) in [5.74, 6) is 0. The molecule has 0 aliphatic rings. The first kappa shape index (κ1) is 36.6. The summed E-state index contributed by atoms with van der Waals surface area (Å²) < 4.78 is 6.12. The molecule has 0 saturated carbocycles. The molecule has 5 heteroatoms. The van der Waals surface area contributed by atoms with E-state index >= 15 is 0 Å². The Hall–Kier alpha value is -0.370. The van der Waals surface area contributed by atoms with E-state index in [-0.39, 0.29) is 5.09 Å². The summed E-state index contributed by atoms with van der Waals surface area (Å²) in [7, 11) is 0. The third-order valence-electron chi connectivity index (χ3n) is 8.61. The Morgan fingerprint density at radius 2 is 0.649 bits per heavy atom. The molecule has 4 nitrogen and oxygen atoms in total. The summed E-state index contributed by atoms with van der Waals surface area (Å²) in [6.45, 7) is 6.16. The van der Waals surface area contributed by atoms with Crippen LogP contribution >= 0.6 is 6.83 Å². The van der Waals surface area contributed by atoms with E-state index in [0.717, 1.165) is 50.3 Å². The van der Waals surface area contributed by atoms with Crippen LogP contribution in [-0.4, -0.2) is 29.7 Å². The average molecular weight is 546 g/mol.